The second-order valence-electron chi connectivity index (χ2n) is 8.29. The molecule has 0 spiro atoms. The second kappa shape index (κ2) is 9.90. The SMILES string of the molecule is CCCCN1C(=O)C(=O)/C(=C(\O)c2cccc3ccccc23)C1c1cccc(OCCC)c1. The van der Waals surface area contributed by atoms with Gasteiger partial charge in [0.05, 0.1) is 18.2 Å². The average Bonchev–Trinajstić information content (AvgIpc) is 3.10. The van der Waals surface area contributed by atoms with Gasteiger partial charge in [-0.05, 0) is 41.3 Å². The molecule has 1 amide bonds. The summed E-state index contributed by atoms with van der Waals surface area (Å²) in [7, 11) is 0. The van der Waals surface area contributed by atoms with Crippen molar-refractivity contribution in [1.29, 1.82) is 0 Å². The molecule has 1 saturated heterocycles. The molecule has 4 rings (SSSR count). The van der Waals surface area contributed by atoms with Crippen molar-refractivity contribution in [3.05, 3.63) is 83.4 Å². The van der Waals surface area contributed by atoms with Crippen LogP contribution in [0.4, 0.5) is 0 Å². The number of carbonyl (C=O) groups excluding carboxylic acids is 2. The van der Waals surface area contributed by atoms with E-state index in [1.165, 1.54) is 0 Å². The van der Waals surface area contributed by atoms with Gasteiger partial charge in [0.2, 0.25) is 0 Å². The van der Waals surface area contributed by atoms with Crippen molar-refractivity contribution in [1.82, 2.24) is 4.90 Å². The number of likely N-dealkylation sites (tertiary alicyclic amines) is 1. The summed E-state index contributed by atoms with van der Waals surface area (Å²) in [4.78, 5) is 27.9. The van der Waals surface area contributed by atoms with E-state index in [9.17, 15) is 14.7 Å². The van der Waals surface area contributed by atoms with E-state index in [1.807, 2.05) is 74.5 Å². The predicted octanol–water partition coefficient (Wildman–Crippen LogP) is 5.85. The molecule has 3 aromatic rings. The fraction of sp³-hybridized carbons (Fsp3) is 0.286. The van der Waals surface area contributed by atoms with Crippen molar-refractivity contribution >= 4 is 28.2 Å². The lowest BCUT2D eigenvalue weighted by molar-refractivity contribution is -0.139. The van der Waals surface area contributed by atoms with Crippen LogP contribution in [0, 0.1) is 0 Å². The van der Waals surface area contributed by atoms with Crippen LogP contribution in [0.2, 0.25) is 0 Å². The van der Waals surface area contributed by atoms with Gasteiger partial charge < -0.3 is 14.7 Å². The summed E-state index contributed by atoms with van der Waals surface area (Å²) in [6, 6.07) is 20.1. The zero-order valence-electron chi connectivity index (χ0n) is 19.1. The molecule has 1 N–H and O–H groups in total. The molecule has 1 aliphatic heterocycles. The number of Topliss-reactive ketones (excluding diaryl/α,β-unsaturated/α-hetero) is 1. The van der Waals surface area contributed by atoms with Gasteiger partial charge in [0.25, 0.3) is 11.7 Å². The van der Waals surface area contributed by atoms with Gasteiger partial charge in [0, 0.05) is 12.1 Å². The molecule has 0 bridgehead atoms. The van der Waals surface area contributed by atoms with Crippen molar-refractivity contribution in [2.24, 2.45) is 0 Å². The Morgan fingerprint density at radius 1 is 0.970 bits per heavy atom. The molecule has 0 aromatic heterocycles. The molecule has 1 unspecified atom stereocenters. The Hall–Kier alpha value is -3.60. The first kappa shape index (κ1) is 22.6. The van der Waals surface area contributed by atoms with Crippen molar-refractivity contribution in [3.8, 4) is 5.75 Å². The Morgan fingerprint density at radius 3 is 2.52 bits per heavy atom. The van der Waals surface area contributed by atoms with E-state index in [4.69, 9.17) is 4.74 Å². The lowest BCUT2D eigenvalue weighted by atomic mass is 9.93. The number of rotatable bonds is 8. The quantitative estimate of drug-likeness (QED) is 0.269. The van der Waals surface area contributed by atoms with Gasteiger partial charge in [-0.25, -0.2) is 0 Å². The molecule has 0 aliphatic carbocycles. The monoisotopic (exact) mass is 443 g/mol. The Balaban J connectivity index is 1.89. The highest BCUT2D eigenvalue weighted by Gasteiger charge is 2.46. The molecule has 5 heteroatoms. The number of unbranched alkanes of at least 4 members (excludes halogenated alkanes) is 1. The van der Waals surface area contributed by atoms with Crippen LogP contribution >= 0.6 is 0 Å². The average molecular weight is 444 g/mol. The topological polar surface area (TPSA) is 66.8 Å². The van der Waals surface area contributed by atoms with Gasteiger partial charge in [0.15, 0.2) is 0 Å². The number of benzene rings is 3. The number of aliphatic hydroxyl groups is 1. The maximum atomic E-state index is 13.2. The minimum atomic E-state index is -0.666. The number of fused-ring (bicyclic) bond motifs is 1. The van der Waals surface area contributed by atoms with E-state index >= 15 is 0 Å². The zero-order valence-corrected chi connectivity index (χ0v) is 19.1. The number of nitrogens with zero attached hydrogens (tertiary/aromatic N) is 1. The van der Waals surface area contributed by atoms with E-state index in [2.05, 4.69) is 0 Å². The highest BCUT2D eigenvalue weighted by Crippen LogP contribution is 2.41. The molecular formula is C28H29NO4. The van der Waals surface area contributed by atoms with Gasteiger partial charge in [-0.1, -0.05) is 74.9 Å². The Labute approximate surface area is 194 Å². The third-order valence-corrected chi connectivity index (χ3v) is 5.98. The summed E-state index contributed by atoms with van der Waals surface area (Å²) >= 11 is 0. The number of amides is 1. The normalized spacial score (nSPS) is 17.6. The number of hydrogen-bond acceptors (Lipinski definition) is 4. The zero-order chi connectivity index (χ0) is 23.4. The van der Waals surface area contributed by atoms with Gasteiger partial charge in [-0.15, -0.1) is 0 Å². The third kappa shape index (κ3) is 4.36. The first-order chi connectivity index (χ1) is 16.1. The smallest absolute Gasteiger partial charge is 0.295 e. The van der Waals surface area contributed by atoms with Crippen LogP contribution in [0.3, 0.4) is 0 Å². The van der Waals surface area contributed by atoms with Crippen LogP contribution in [-0.2, 0) is 9.59 Å². The van der Waals surface area contributed by atoms with Gasteiger partial charge in [0.1, 0.15) is 11.5 Å². The van der Waals surface area contributed by atoms with E-state index < -0.39 is 17.7 Å². The van der Waals surface area contributed by atoms with Crippen molar-refractivity contribution in [2.45, 2.75) is 39.2 Å². The van der Waals surface area contributed by atoms with E-state index in [0.29, 0.717) is 24.5 Å². The molecular weight excluding hydrogens is 414 g/mol. The molecule has 3 aromatic carbocycles. The minimum Gasteiger partial charge on any atom is -0.507 e. The maximum absolute atomic E-state index is 13.2. The van der Waals surface area contributed by atoms with E-state index in [1.54, 1.807) is 11.0 Å². The first-order valence-corrected chi connectivity index (χ1v) is 11.6. The van der Waals surface area contributed by atoms with Gasteiger partial charge >= 0.3 is 0 Å². The van der Waals surface area contributed by atoms with Crippen molar-refractivity contribution in [2.75, 3.05) is 13.2 Å². The molecule has 0 saturated carbocycles. The maximum Gasteiger partial charge on any atom is 0.295 e. The standard InChI is InChI=1S/C28H29NO4/c1-3-5-16-29-25(20-12-8-13-21(18-20)33-17-4-2)24(27(31)28(29)32)26(30)23-15-9-11-19-10-6-7-14-22(19)23/h6-15,18,25,30H,3-5,16-17H2,1-2H3/b26-24-. The highest BCUT2D eigenvalue weighted by molar-refractivity contribution is 6.46. The first-order valence-electron chi connectivity index (χ1n) is 11.6. The van der Waals surface area contributed by atoms with Crippen molar-refractivity contribution in [3.63, 3.8) is 0 Å². The highest BCUT2D eigenvalue weighted by atomic mass is 16.5. The number of ketones is 1. The van der Waals surface area contributed by atoms with Gasteiger partial charge in [-0.2, -0.15) is 0 Å². The lowest BCUT2D eigenvalue weighted by Crippen LogP contribution is -2.30. The number of ether oxygens (including phenoxy) is 1. The fourth-order valence-corrected chi connectivity index (χ4v) is 4.36. The molecule has 5 nitrogen and oxygen atoms in total. The summed E-state index contributed by atoms with van der Waals surface area (Å²) in [5, 5.41) is 13.2. The third-order valence-electron chi connectivity index (χ3n) is 5.98. The number of aliphatic hydroxyl groups excluding tert-OH is 1. The number of carbonyl (C=O) groups is 2. The van der Waals surface area contributed by atoms with Crippen LogP contribution < -0.4 is 4.74 Å². The summed E-state index contributed by atoms with van der Waals surface area (Å²) in [6.45, 7) is 5.10. The Kier molecular flexibility index (Phi) is 6.78. The molecule has 1 heterocycles. The van der Waals surface area contributed by atoms with E-state index in [0.717, 1.165) is 35.6 Å². The molecule has 1 atom stereocenters. The molecule has 1 aliphatic rings. The second-order valence-corrected chi connectivity index (χ2v) is 8.29. The van der Waals surface area contributed by atoms with Crippen LogP contribution in [-0.4, -0.2) is 34.8 Å². The van der Waals surface area contributed by atoms with Crippen LogP contribution in [0.5, 0.6) is 5.75 Å². The summed E-state index contributed by atoms with van der Waals surface area (Å²) in [5.41, 5.74) is 1.42. The summed E-state index contributed by atoms with van der Waals surface area (Å²) < 4.78 is 5.80. The van der Waals surface area contributed by atoms with Crippen LogP contribution in [0.25, 0.3) is 16.5 Å². The number of hydrogen-bond donors (Lipinski definition) is 1. The largest absolute Gasteiger partial charge is 0.507 e. The molecule has 1 fully saturated rings. The minimum absolute atomic E-state index is 0.125. The fourth-order valence-electron chi connectivity index (χ4n) is 4.36. The Bertz CT molecular complexity index is 1210. The van der Waals surface area contributed by atoms with Gasteiger partial charge in [-0.3, -0.25) is 9.59 Å². The van der Waals surface area contributed by atoms with Crippen LogP contribution in [0.1, 0.15) is 50.3 Å². The lowest BCUT2D eigenvalue weighted by Gasteiger charge is -2.25. The summed E-state index contributed by atoms with van der Waals surface area (Å²) in [5.74, 6) is -0.689. The molecule has 0 radical (unpaired) electrons. The van der Waals surface area contributed by atoms with Crippen molar-refractivity contribution < 1.29 is 19.4 Å². The predicted molar refractivity (Wildman–Crippen MR) is 130 cm³/mol. The van der Waals surface area contributed by atoms with Crippen LogP contribution in [0.15, 0.2) is 72.3 Å². The molecule has 33 heavy (non-hydrogen) atoms. The Morgan fingerprint density at radius 2 is 1.73 bits per heavy atom. The summed E-state index contributed by atoms with van der Waals surface area (Å²) in [6.07, 6.45) is 2.53. The van der Waals surface area contributed by atoms with E-state index in [-0.39, 0.29) is 11.3 Å². The molecule has 170 valence electrons.